The van der Waals surface area contributed by atoms with E-state index in [1.165, 1.54) is 0 Å². The monoisotopic (exact) mass is 267 g/mol. The van der Waals surface area contributed by atoms with Crippen molar-refractivity contribution in [3.63, 3.8) is 0 Å². The van der Waals surface area contributed by atoms with E-state index in [-0.39, 0.29) is 0 Å². The van der Waals surface area contributed by atoms with Gasteiger partial charge in [0.1, 0.15) is 5.15 Å². The lowest BCUT2D eigenvalue weighted by molar-refractivity contribution is 0.950. The van der Waals surface area contributed by atoms with E-state index in [0.29, 0.717) is 15.0 Å². The van der Waals surface area contributed by atoms with Gasteiger partial charge in [-0.1, -0.05) is 46.1 Å². The maximum atomic E-state index is 5.93. The highest BCUT2D eigenvalue weighted by Crippen LogP contribution is 2.21. The molecule has 0 bridgehead atoms. The average Bonchev–Trinajstić information content (AvgIpc) is 1.94. The normalized spacial score (nSPS) is 13.0. The highest BCUT2D eigenvalue weighted by molar-refractivity contribution is 9.09. The van der Waals surface area contributed by atoms with Crippen LogP contribution in [0.15, 0.2) is 12.3 Å². The number of hydrogen-bond donors (Lipinski definition) is 0. The van der Waals surface area contributed by atoms with Crippen LogP contribution in [0.5, 0.6) is 0 Å². The van der Waals surface area contributed by atoms with E-state index in [1.807, 2.05) is 0 Å². The second-order valence-corrected chi connectivity index (χ2v) is 4.94. The predicted octanol–water partition coefficient (Wildman–Crippen LogP) is 3.71. The van der Waals surface area contributed by atoms with E-state index in [4.69, 9.17) is 23.2 Å². The molecule has 66 valence electrons. The zero-order valence-electron chi connectivity index (χ0n) is 6.52. The molecule has 1 aromatic rings. The molecule has 0 spiro atoms. The average molecular weight is 269 g/mol. The summed E-state index contributed by atoms with van der Waals surface area (Å²) in [5.41, 5.74) is 1.02. The SMILES string of the molecule is CC(Br)Cc1cnc(Cl)cc1Cl. The molecular weight excluding hydrogens is 261 g/mol. The van der Waals surface area contributed by atoms with Crippen LogP contribution in [0.3, 0.4) is 0 Å². The summed E-state index contributed by atoms with van der Waals surface area (Å²) in [7, 11) is 0. The van der Waals surface area contributed by atoms with E-state index >= 15 is 0 Å². The highest BCUT2D eigenvalue weighted by atomic mass is 79.9. The summed E-state index contributed by atoms with van der Waals surface area (Å²) in [5.74, 6) is 0. The van der Waals surface area contributed by atoms with Gasteiger partial charge in [0.15, 0.2) is 0 Å². The standard InChI is InChI=1S/C8H8BrCl2N/c1-5(9)2-6-4-12-8(11)3-7(6)10/h3-5H,2H2,1H3. The van der Waals surface area contributed by atoms with Gasteiger partial charge in [0.2, 0.25) is 0 Å². The molecule has 1 rings (SSSR count). The molecule has 0 aliphatic rings. The van der Waals surface area contributed by atoms with E-state index < -0.39 is 0 Å². The smallest absolute Gasteiger partial charge is 0.130 e. The van der Waals surface area contributed by atoms with Crippen LogP contribution in [0.1, 0.15) is 12.5 Å². The minimum atomic E-state index is 0.401. The summed E-state index contributed by atoms with van der Waals surface area (Å²) in [4.78, 5) is 4.35. The van der Waals surface area contributed by atoms with E-state index in [2.05, 4.69) is 27.8 Å². The van der Waals surface area contributed by atoms with Gasteiger partial charge in [-0.15, -0.1) is 0 Å². The Balaban J connectivity index is 2.86. The number of halogens is 3. The first kappa shape index (κ1) is 10.3. The van der Waals surface area contributed by atoms with Crippen molar-refractivity contribution < 1.29 is 0 Å². The molecule has 0 fully saturated rings. The lowest BCUT2D eigenvalue weighted by atomic mass is 10.2. The Labute approximate surface area is 90.2 Å². The summed E-state index contributed by atoms with van der Waals surface area (Å²) in [5, 5.41) is 1.12. The molecule has 1 aromatic heterocycles. The molecule has 12 heavy (non-hydrogen) atoms. The molecule has 0 N–H and O–H groups in total. The lowest BCUT2D eigenvalue weighted by Crippen LogP contribution is -1.97. The summed E-state index contributed by atoms with van der Waals surface area (Å²) in [6.45, 7) is 2.06. The fraction of sp³-hybridized carbons (Fsp3) is 0.375. The van der Waals surface area contributed by atoms with E-state index in [1.54, 1.807) is 12.3 Å². The quantitative estimate of drug-likeness (QED) is 0.589. The van der Waals surface area contributed by atoms with Gasteiger partial charge in [-0.3, -0.25) is 0 Å². The number of pyridine rings is 1. The van der Waals surface area contributed by atoms with Crippen LogP contribution >= 0.6 is 39.1 Å². The molecule has 0 aromatic carbocycles. The van der Waals surface area contributed by atoms with Crippen molar-refractivity contribution in [2.45, 2.75) is 18.2 Å². The van der Waals surface area contributed by atoms with Crippen molar-refractivity contribution in [2.75, 3.05) is 0 Å². The summed E-state index contributed by atoms with van der Waals surface area (Å²) in [6, 6.07) is 1.66. The first-order chi connectivity index (χ1) is 5.59. The minimum absolute atomic E-state index is 0.401. The number of alkyl halides is 1. The molecule has 0 radical (unpaired) electrons. The first-order valence-electron chi connectivity index (χ1n) is 3.53. The molecule has 0 aliphatic heterocycles. The molecule has 0 saturated heterocycles. The molecule has 0 amide bonds. The Kier molecular flexibility index (Phi) is 3.81. The van der Waals surface area contributed by atoms with Crippen LogP contribution in [-0.2, 0) is 6.42 Å². The van der Waals surface area contributed by atoms with E-state index in [9.17, 15) is 0 Å². The van der Waals surface area contributed by atoms with Crippen molar-refractivity contribution in [1.29, 1.82) is 0 Å². The van der Waals surface area contributed by atoms with Crippen LogP contribution in [0.25, 0.3) is 0 Å². The molecular formula is C8H8BrCl2N. The van der Waals surface area contributed by atoms with Gasteiger partial charge in [-0.05, 0) is 18.1 Å². The van der Waals surface area contributed by atoms with Crippen molar-refractivity contribution in [3.8, 4) is 0 Å². The zero-order valence-corrected chi connectivity index (χ0v) is 9.62. The van der Waals surface area contributed by atoms with Crippen molar-refractivity contribution in [2.24, 2.45) is 0 Å². The van der Waals surface area contributed by atoms with Crippen molar-refractivity contribution in [3.05, 3.63) is 28.0 Å². The maximum Gasteiger partial charge on any atom is 0.130 e. The number of rotatable bonds is 2. The van der Waals surface area contributed by atoms with Gasteiger partial charge >= 0.3 is 0 Å². The van der Waals surface area contributed by atoms with Crippen LogP contribution in [0.2, 0.25) is 10.2 Å². The third-order valence-corrected chi connectivity index (χ3v) is 2.28. The molecule has 1 nitrogen and oxygen atoms in total. The van der Waals surface area contributed by atoms with E-state index in [0.717, 1.165) is 12.0 Å². The number of hydrogen-bond acceptors (Lipinski definition) is 1. The summed E-state index contributed by atoms with van der Waals surface area (Å²) >= 11 is 15.0. The Morgan fingerprint density at radius 2 is 2.25 bits per heavy atom. The number of aromatic nitrogens is 1. The maximum absolute atomic E-state index is 5.93. The summed E-state index contributed by atoms with van der Waals surface area (Å²) in [6.07, 6.45) is 2.57. The van der Waals surface area contributed by atoms with Gasteiger partial charge in [0.25, 0.3) is 0 Å². The molecule has 1 unspecified atom stereocenters. The van der Waals surface area contributed by atoms with Crippen molar-refractivity contribution >= 4 is 39.1 Å². The third kappa shape index (κ3) is 2.92. The molecule has 1 atom stereocenters. The third-order valence-electron chi connectivity index (χ3n) is 1.40. The Hall–Kier alpha value is 0.210. The topological polar surface area (TPSA) is 12.9 Å². The zero-order chi connectivity index (χ0) is 9.14. The Morgan fingerprint density at radius 3 is 2.75 bits per heavy atom. The molecule has 4 heteroatoms. The van der Waals surface area contributed by atoms with Gasteiger partial charge in [0.05, 0.1) is 0 Å². The molecule has 0 saturated carbocycles. The van der Waals surface area contributed by atoms with Crippen LogP contribution < -0.4 is 0 Å². The Bertz CT molecular complexity index is 276. The van der Waals surface area contributed by atoms with Crippen LogP contribution in [0.4, 0.5) is 0 Å². The van der Waals surface area contributed by atoms with Crippen LogP contribution in [0, 0.1) is 0 Å². The second-order valence-electron chi connectivity index (χ2n) is 2.58. The largest absolute Gasteiger partial charge is 0.244 e. The van der Waals surface area contributed by atoms with Crippen molar-refractivity contribution in [1.82, 2.24) is 4.98 Å². The second kappa shape index (κ2) is 4.45. The predicted molar refractivity (Wildman–Crippen MR) is 56.4 cm³/mol. The fourth-order valence-corrected chi connectivity index (χ4v) is 1.68. The highest BCUT2D eigenvalue weighted by Gasteiger charge is 2.04. The van der Waals surface area contributed by atoms with Gasteiger partial charge in [0, 0.05) is 16.0 Å². The minimum Gasteiger partial charge on any atom is -0.244 e. The number of nitrogens with zero attached hydrogens (tertiary/aromatic N) is 1. The summed E-state index contributed by atoms with van der Waals surface area (Å²) < 4.78 is 0. The van der Waals surface area contributed by atoms with Gasteiger partial charge < -0.3 is 0 Å². The Morgan fingerprint density at radius 1 is 1.58 bits per heavy atom. The van der Waals surface area contributed by atoms with Gasteiger partial charge in [-0.25, -0.2) is 4.98 Å². The first-order valence-corrected chi connectivity index (χ1v) is 5.20. The lowest BCUT2D eigenvalue weighted by Gasteiger charge is -2.04. The molecule has 0 aliphatic carbocycles. The fourth-order valence-electron chi connectivity index (χ4n) is 0.889. The molecule has 1 heterocycles. The van der Waals surface area contributed by atoms with Gasteiger partial charge in [-0.2, -0.15) is 0 Å². The van der Waals surface area contributed by atoms with Crippen LogP contribution in [-0.4, -0.2) is 9.81 Å².